The van der Waals surface area contributed by atoms with Crippen molar-refractivity contribution < 1.29 is 13.6 Å². The number of piperazine rings is 1. The van der Waals surface area contributed by atoms with Crippen LogP contribution in [0, 0.1) is 23.0 Å². The summed E-state index contributed by atoms with van der Waals surface area (Å²) in [5.41, 5.74) is 1.41. The van der Waals surface area contributed by atoms with Crippen LogP contribution in [0.3, 0.4) is 0 Å². The van der Waals surface area contributed by atoms with Crippen LogP contribution in [0.5, 0.6) is 0 Å². The Kier molecular flexibility index (Phi) is 5.58. The Hall–Kier alpha value is -2.79. The molecule has 2 amide bonds. The van der Waals surface area contributed by atoms with E-state index in [1.807, 2.05) is 17.0 Å². The van der Waals surface area contributed by atoms with Crippen LogP contribution in [0.25, 0.3) is 0 Å². The third kappa shape index (κ3) is 3.87. The zero-order chi connectivity index (χ0) is 20.4. The number of benzene rings is 2. The van der Waals surface area contributed by atoms with Gasteiger partial charge in [0.15, 0.2) is 0 Å². The number of nitrogens with one attached hydrogen (secondary N) is 1. The molecule has 2 aromatic rings. The second kappa shape index (κ2) is 8.29. The minimum Gasteiger partial charge on any atom is -0.367 e. The number of hydrogen-bond donors (Lipinski definition) is 1. The van der Waals surface area contributed by atoms with Crippen LogP contribution >= 0.6 is 11.8 Å². The number of nitrogens with zero attached hydrogens (tertiary/aromatic N) is 3. The van der Waals surface area contributed by atoms with Crippen molar-refractivity contribution in [3.8, 4) is 6.07 Å². The van der Waals surface area contributed by atoms with Crippen LogP contribution in [0.4, 0.5) is 19.3 Å². The SMILES string of the molecule is N#Cc1c(F)cccc1N1CCN(C(=O)NC2CCSc3c(F)cccc32)CC1. The molecule has 2 aromatic carbocycles. The standard InChI is InChI=1S/C21H20F2N4OS/c22-16-4-2-6-19(15(16)13-24)26-8-10-27(11-9-26)21(28)25-18-7-12-29-20-14(18)3-1-5-17(20)23/h1-6,18H,7-12H2,(H,25,28). The highest BCUT2D eigenvalue weighted by Gasteiger charge is 2.28. The highest BCUT2D eigenvalue weighted by Crippen LogP contribution is 2.37. The second-order valence-electron chi connectivity index (χ2n) is 7.02. The fraction of sp³-hybridized carbons (Fsp3) is 0.333. The number of amides is 2. The summed E-state index contributed by atoms with van der Waals surface area (Å²) in [4.78, 5) is 17.0. The van der Waals surface area contributed by atoms with Crippen LogP contribution in [0.15, 0.2) is 41.3 Å². The summed E-state index contributed by atoms with van der Waals surface area (Å²) in [5.74, 6) is -0.0296. The maximum absolute atomic E-state index is 14.0. The Morgan fingerprint density at radius 2 is 1.83 bits per heavy atom. The van der Waals surface area contributed by atoms with Crippen molar-refractivity contribution in [3.63, 3.8) is 0 Å². The van der Waals surface area contributed by atoms with E-state index < -0.39 is 5.82 Å². The van der Waals surface area contributed by atoms with Crippen molar-refractivity contribution in [1.29, 1.82) is 5.26 Å². The van der Waals surface area contributed by atoms with Crippen LogP contribution in [0.1, 0.15) is 23.6 Å². The van der Waals surface area contributed by atoms with Crippen molar-refractivity contribution in [2.75, 3.05) is 36.8 Å². The first-order valence-electron chi connectivity index (χ1n) is 9.48. The Balaban J connectivity index is 1.40. The van der Waals surface area contributed by atoms with Gasteiger partial charge in [0.25, 0.3) is 0 Å². The molecule has 0 radical (unpaired) electrons. The van der Waals surface area contributed by atoms with Gasteiger partial charge in [-0.05, 0) is 30.2 Å². The highest BCUT2D eigenvalue weighted by atomic mass is 32.2. The molecule has 1 N–H and O–H groups in total. The van der Waals surface area contributed by atoms with Gasteiger partial charge in [0.05, 0.1) is 11.7 Å². The van der Waals surface area contributed by atoms with Gasteiger partial charge in [0, 0.05) is 36.8 Å². The summed E-state index contributed by atoms with van der Waals surface area (Å²) >= 11 is 1.48. The molecule has 0 aliphatic carbocycles. The molecule has 1 saturated heterocycles. The third-order valence-electron chi connectivity index (χ3n) is 5.33. The number of rotatable bonds is 2. The molecule has 0 bridgehead atoms. The Morgan fingerprint density at radius 3 is 2.59 bits per heavy atom. The molecule has 1 atom stereocenters. The van der Waals surface area contributed by atoms with Gasteiger partial charge in [0.1, 0.15) is 23.3 Å². The molecule has 0 aromatic heterocycles. The van der Waals surface area contributed by atoms with Gasteiger partial charge in [-0.15, -0.1) is 11.8 Å². The van der Waals surface area contributed by atoms with Gasteiger partial charge >= 0.3 is 6.03 Å². The molecule has 2 heterocycles. The average molecular weight is 414 g/mol. The summed E-state index contributed by atoms with van der Waals surface area (Å²) in [6, 6.07) is 11.1. The third-order valence-corrected chi connectivity index (χ3v) is 6.49. The number of carbonyl (C=O) groups is 1. The molecule has 0 saturated carbocycles. The predicted octanol–water partition coefficient (Wildman–Crippen LogP) is 3.91. The second-order valence-corrected chi connectivity index (χ2v) is 8.12. The zero-order valence-corrected chi connectivity index (χ0v) is 16.5. The van der Waals surface area contributed by atoms with Crippen molar-refractivity contribution in [3.05, 3.63) is 59.2 Å². The molecular weight excluding hydrogens is 394 g/mol. The van der Waals surface area contributed by atoms with E-state index in [0.29, 0.717) is 36.8 Å². The Bertz CT molecular complexity index is 970. The van der Waals surface area contributed by atoms with Gasteiger partial charge in [-0.2, -0.15) is 5.26 Å². The fourth-order valence-corrected chi connectivity index (χ4v) is 4.95. The monoisotopic (exact) mass is 414 g/mol. The normalized spacial score (nSPS) is 18.7. The maximum atomic E-state index is 14.0. The number of urea groups is 1. The summed E-state index contributed by atoms with van der Waals surface area (Å²) < 4.78 is 27.9. The summed E-state index contributed by atoms with van der Waals surface area (Å²) in [5, 5.41) is 12.3. The number of thioether (sulfide) groups is 1. The molecule has 4 rings (SSSR count). The fourth-order valence-electron chi connectivity index (χ4n) is 3.81. The average Bonchev–Trinajstić information content (AvgIpc) is 2.74. The molecule has 1 unspecified atom stereocenters. The highest BCUT2D eigenvalue weighted by molar-refractivity contribution is 7.99. The minimum absolute atomic E-state index is 0.0312. The van der Waals surface area contributed by atoms with E-state index in [2.05, 4.69) is 5.32 Å². The largest absolute Gasteiger partial charge is 0.367 e. The van der Waals surface area contributed by atoms with Gasteiger partial charge in [-0.25, -0.2) is 13.6 Å². The minimum atomic E-state index is -0.536. The molecule has 150 valence electrons. The molecule has 8 heteroatoms. The van der Waals surface area contributed by atoms with Crippen LogP contribution < -0.4 is 10.2 Å². The lowest BCUT2D eigenvalue weighted by molar-refractivity contribution is 0.189. The number of fused-ring (bicyclic) bond motifs is 1. The molecular formula is C21H20F2N4OS. The van der Waals surface area contributed by atoms with Gasteiger partial charge < -0.3 is 15.1 Å². The van der Waals surface area contributed by atoms with E-state index in [1.165, 1.54) is 23.9 Å². The molecule has 1 fully saturated rings. The van der Waals surface area contributed by atoms with E-state index in [0.717, 1.165) is 17.7 Å². The lowest BCUT2D eigenvalue weighted by atomic mass is 10.0. The van der Waals surface area contributed by atoms with E-state index in [9.17, 15) is 18.8 Å². The molecule has 29 heavy (non-hydrogen) atoms. The van der Waals surface area contributed by atoms with Crippen molar-refractivity contribution in [2.45, 2.75) is 17.4 Å². The van der Waals surface area contributed by atoms with Gasteiger partial charge in [0.2, 0.25) is 0 Å². The molecule has 2 aliphatic heterocycles. The number of nitriles is 1. The lowest BCUT2D eigenvalue weighted by Gasteiger charge is -2.37. The van der Waals surface area contributed by atoms with E-state index in [4.69, 9.17) is 0 Å². The quantitative estimate of drug-likeness (QED) is 0.810. The Morgan fingerprint density at radius 1 is 1.10 bits per heavy atom. The smallest absolute Gasteiger partial charge is 0.318 e. The number of halogens is 2. The van der Waals surface area contributed by atoms with E-state index >= 15 is 0 Å². The van der Waals surface area contributed by atoms with Crippen LogP contribution in [-0.4, -0.2) is 42.9 Å². The lowest BCUT2D eigenvalue weighted by Crippen LogP contribution is -2.52. The zero-order valence-electron chi connectivity index (χ0n) is 15.7. The number of anilines is 1. The number of carbonyl (C=O) groups excluding carboxylic acids is 1. The van der Waals surface area contributed by atoms with Crippen molar-refractivity contribution in [1.82, 2.24) is 10.2 Å². The molecule has 0 spiro atoms. The first kappa shape index (κ1) is 19.5. The van der Waals surface area contributed by atoms with Crippen molar-refractivity contribution >= 4 is 23.5 Å². The van der Waals surface area contributed by atoms with Crippen LogP contribution in [0.2, 0.25) is 0 Å². The van der Waals surface area contributed by atoms with E-state index in [1.54, 1.807) is 23.1 Å². The van der Waals surface area contributed by atoms with Gasteiger partial charge in [-0.3, -0.25) is 0 Å². The van der Waals surface area contributed by atoms with Crippen molar-refractivity contribution in [2.24, 2.45) is 0 Å². The predicted molar refractivity (Wildman–Crippen MR) is 108 cm³/mol. The topological polar surface area (TPSA) is 59.4 Å². The summed E-state index contributed by atoms with van der Waals surface area (Å²) in [7, 11) is 0. The maximum Gasteiger partial charge on any atom is 0.318 e. The Labute approximate surface area is 172 Å². The summed E-state index contributed by atoms with van der Waals surface area (Å²) in [6.45, 7) is 1.95. The number of hydrogen-bond acceptors (Lipinski definition) is 4. The first-order valence-corrected chi connectivity index (χ1v) is 10.5. The van der Waals surface area contributed by atoms with Gasteiger partial charge in [-0.1, -0.05) is 18.2 Å². The molecule has 5 nitrogen and oxygen atoms in total. The molecule has 2 aliphatic rings. The summed E-state index contributed by atoms with van der Waals surface area (Å²) in [6.07, 6.45) is 0.752. The first-order chi connectivity index (χ1) is 14.1. The van der Waals surface area contributed by atoms with Crippen LogP contribution in [-0.2, 0) is 0 Å². The van der Waals surface area contributed by atoms with E-state index in [-0.39, 0.29) is 23.5 Å².